The van der Waals surface area contributed by atoms with Crippen molar-refractivity contribution in [2.75, 3.05) is 32.3 Å². The molecule has 0 unspecified atom stereocenters. The quantitative estimate of drug-likeness (QED) is 0.707. The molecule has 0 saturated heterocycles. The summed E-state index contributed by atoms with van der Waals surface area (Å²) in [5.74, 6) is -1.16. The minimum Gasteiger partial charge on any atom is -0.465 e. The second-order valence-electron chi connectivity index (χ2n) is 6.60. The fourth-order valence-electron chi connectivity index (χ4n) is 3.14. The van der Waals surface area contributed by atoms with Crippen molar-refractivity contribution >= 4 is 44.1 Å². The Morgan fingerprint density at radius 1 is 1.17 bits per heavy atom. The zero-order valence-corrected chi connectivity index (χ0v) is 18.2. The first-order valence-electron chi connectivity index (χ1n) is 8.83. The summed E-state index contributed by atoms with van der Waals surface area (Å²) < 4.78 is 33.1. The highest BCUT2D eigenvalue weighted by atomic mass is 32.2. The number of rotatable bonds is 4. The molecule has 11 heteroatoms. The van der Waals surface area contributed by atoms with Gasteiger partial charge >= 0.3 is 12.1 Å². The molecule has 0 atom stereocenters. The van der Waals surface area contributed by atoms with Gasteiger partial charge in [-0.3, -0.25) is 4.79 Å². The van der Waals surface area contributed by atoms with Gasteiger partial charge < -0.3 is 19.7 Å². The van der Waals surface area contributed by atoms with Crippen molar-refractivity contribution in [1.29, 1.82) is 0 Å². The molecule has 9 nitrogen and oxygen atoms in total. The van der Waals surface area contributed by atoms with Gasteiger partial charge in [-0.1, -0.05) is 6.07 Å². The Balaban J connectivity index is 1.95. The van der Waals surface area contributed by atoms with Crippen molar-refractivity contribution in [2.45, 2.75) is 17.9 Å². The SMILES string of the molecule is COC(=O)c1c(NC(=O)c2cccc(S(C)(=O)=O)c2)sc2c1CCN(C(=O)OC)C2. The molecule has 1 N–H and O–H groups in total. The number of hydrogen-bond donors (Lipinski definition) is 1. The Morgan fingerprint density at radius 3 is 2.53 bits per heavy atom. The van der Waals surface area contributed by atoms with Crippen LogP contribution in [-0.4, -0.2) is 58.3 Å². The smallest absolute Gasteiger partial charge is 0.409 e. The summed E-state index contributed by atoms with van der Waals surface area (Å²) in [6.07, 6.45) is 0.988. The van der Waals surface area contributed by atoms with E-state index < -0.39 is 27.8 Å². The van der Waals surface area contributed by atoms with Crippen molar-refractivity contribution in [1.82, 2.24) is 4.90 Å². The summed E-state index contributed by atoms with van der Waals surface area (Å²) in [5, 5.41) is 2.97. The number of nitrogens with zero attached hydrogens (tertiary/aromatic N) is 1. The molecule has 1 aliphatic heterocycles. The lowest BCUT2D eigenvalue weighted by Gasteiger charge is -2.25. The number of carbonyl (C=O) groups excluding carboxylic acids is 3. The van der Waals surface area contributed by atoms with E-state index >= 15 is 0 Å². The number of thiophene rings is 1. The van der Waals surface area contributed by atoms with Gasteiger partial charge in [-0.15, -0.1) is 11.3 Å². The van der Waals surface area contributed by atoms with Crippen LogP contribution in [0.1, 0.15) is 31.2 Å². The molecule has 2 amide bonds. The van der Waals surface area contributed by atoms with Gasteiger partial charge in [0.25, 0.3) is 5.91 Å². The number of amides is 2. The topological polar surface area (TPSA) is 119 Å². The molecule has 0 aliphatic carbocycles. The molecule has 0 fully saturated rings. The van der Waals surface area contributed by atoms with Gasteiger partial charge in [-0.2, -0.15) is 0 Å². The maximum atomic E-state index is 12.8. The largest absolute Gasteiger partial charge is 0.465 e. The number of nitrogens with one attached hydrogen (secondary N) is 1. The van der Waals surface area contributed by atoms with Crippen LogP contribution in [0, 0.1) is 0 Å². The van der Waals surface area contributed by atoms with Gasteiger partial charge in [0.1, 0.15) is 5.00 Å². The van der Waals surface area contributed by atoms with E-state index in [1.165, 1.54) is 54.7 Å². The lowest BCUT2D eigenvalue weighted by atomic mass is 10.0. The first-order valence-corrected chi connectivity index (χ1v) is 11.5. The normalized spacial score (nSPS) is 13.4. The van der Waals surface area contributed by atoms with Crippen molar-refractivity contribution in [3.05, 3.63) is 45.8 Å². The fraction of sp³-hybridized carbons (Fsp3) is 0.316. The van der Waals surface area contributed by atoms with Gasteiger partial charge in [-0.25, -0.2) is 18.0 Å². The van der Waals surface area contributed by atoms with E-state index in [0.29, 0.717) is 18.5 Å². The number of sulfone groups is 1. The van der Waals surface area contributed by atoms with E-state index in [1.54, 1.807) is 0 Å². The molecule has 30 heavy (non-hydrogen) atoms. The fourth-order valence-corrected chi connectivity index (χ4v) is 5.05. The van der Waals surface area contributed by atoms with Crippen LogP contribution in [0.25, 0.3) is 0 Å². The average molecular weight is 453 g/mol. The minimum atomic E-state index is -3.48. The summed E-state index contributed by atoms with van der Waals surface area (Å²) >= 11 is 1.17. The lowest BCUT2D eigenvalue weighted by Crippen LogP contribution is -2.35. The summed E-state index contributed by atoms with van der Waals surface area (Å²) in [7, 11) is -0.936. The number of ether oxygens (including phenoxy) is 2. The zero-order chi connectivity index (χ0) is 22.1. The predicted molar refractivity (Wildman–Crippen MR) is 110 cm³/mol. The lowest BCUT2D eigenvalue weighted by molar-refractivity contribution is 0.0600. The van der Waals surface area contributed by atoms with Crippen LogP contribution in [0.5, 0.6) is 0 Å². The molecule has 2 heterocycles. The Labute approximate surface area is 177 Å². The highest BCUT2D eigenvalue weighted by Crippen LogP contribution is 2.38. The monoisotopic (exact) mass is 452 g/mol. The molecular formula is C19H20N2O7S2. The Morgan fingerprint density at radius 2 is 1.90 bits per heavy atom. The van der Waals surface area contributed by atoms with Crippen LogP contribution in [-0.2, 0) is 32.3 Å². The molecule has 2 aromatic rings. The number of benzene rings is 1. The third-order valence-corrected chi connectivity index (χ3v) is 6.87. The Bertz CT molecular complexity index is 1120. The third-order valence-electron chi connectivity index (χ3n) is 4.63. The van der Waals surface area contributed by atoms with Gasteiger partial charge in [0.2, 0.25) is 0 Å². The van der Waals surface area contributed by atoms with E-state index in [9.17, 15) is 22.8 Å². The molecule has 1 aliphatic rings. The summed E-state index contributed by atoms with van der Waals surface area (Å²) in [4.78, 5) is 39.2. The van der Waals surface area contributed by atoms with Crippen LogP contribution < -0.4 is 5.32 Å². The van der Waals surface area contributed by atoms with E-state index in [4.69, 9.17) is 9.47 Å². The molecule has 1 aromatic heterocycles. The van der Waals surface area contributed by atoms with Crippen molar-refractivity contribution in [2.24, 2.45) is 0 Å². The van der Waals surface area contributed by atoms with Crippen molar-refractivity contribution in [3.63, 3.8) is 0 Å². The second kappa shape index (κ2) is 8.44. The first kappa shape index (κ1) is 21.8. The number of carbonyl (C=O) groups is 3. The second-order valence-corrected chi connectivity index (χ2v) is 9.72. The molecule has 3 rings (SSSR count). The zero-order valence-electron chi connectivity index (χ0n) is 16.6. The van der Waals surface area contributed by atoms with Crippen LogP contribution in [0.4, 0.5) is 9.80 Å². The van der Waals surface area contributed by atoms with Crippen LogP contribution >= 0.6 is 11.3 Å². The van der Waals surface area contributed by atoms with Crippen molar-refractivity contribution < 1.29 is 32.3 Å². The Kier molecular flexibility index (Phi) is 6.13. The highest BCUT2D eigenvalue weighted by molar-refractivity contribution is 7.90. The predicted octanol–water partition coefficient (Wildman–Crippen LogP) is 2.32. The molecular weight excluding hydrogens is 432 g/mol. The highest BCUT2D eigenvalue weighted by Gasteiger charge is 2.31. The number of methoxy groups -OCH3 is 2. The molecule has 0 radical (unpaired) electrons. The van der Waals surface area contributed by atoms with Gasteiger partial charge in [-0.05, 0) is 30.2 Å². The number of esters is 1. The van der Waals surface area contributed by atoms with Gasteiger partial charge in [0, 0.05) is 23.2 Å². The summed E-state index contributed by atoms with van der Waals surface area (Å²) in [5.41, 5.74) is 1.10. The Hall–Kier alpha value is -2.92. The standard InChI is InChI=1S/C19H20N2O7S2/c1-27-18(23)15-13-7-8-21(19(24)28-2)10-14(13)29-17(15)20-16(22)11-5-4-6-12(9-11)30(3,25)26/h4-6,9H,7-8,10H2,1-3H3,(H,20,22). The van der Waals surface area contributed by atoms with Gasteiger partial charge in [0.15, 0.2) is 9.84 Å². The average Bonchev–Trinajstić information content (AvgIpc) is 3.08. The maximum Gasteiger partial charge on any atom is 0.409 e. The van der Waals surface area contributed by atoms with Crippen molar-refractivity contribution in [3.8, 4) is 0 Å². The molecule has 1 aromatic carbocycles. The maximum absolute atomic E-state index is 12.8. The summed E-state index contributed by atoms with van der Waals surface area (Å²) in [6, 6.07) is 5.63. The van der Waals surface area contributed by atoms with E-state index in [1.807, 2.05) is 0 Å². The van der Waals surface area contributed by atoms with E-state index in [-0.39, 0.29) is 27.6 Å². The van der Waals surface area contributed by atoms with Crippen LogP contribution in [0.3, 0.4) is 0 Å². The third kappa shape index (κ3) is 4.31. The minimum absolute atomic E-state index is 0.0162. The number of anilines is 1. The van der Waals surface area contributed by atoms with E-state index in [2.05, 4.69) is 5.32 Å². The summed E-state index contributed by atoms with van der Waals surface area (Å²) in [6.45, 7) is 0.611. The molecule has 0 bridgehead atoms. The molecule has 160 valence electrons. The first-order chi connectivity index (χ1) is 14.2. The van der Waals surface area contributed by atoms with Crippen LogP contribution in [0.2, 0.25) is 0 Å². The van der Waals surface area contributed by atoms with Gasteiger partial charge in [0.05, 0.1) is 31.2 Å². The van der Waals surface area contributed by atoms with Crippen LogP contribution in [0.15, 0.2) is 29.2 Å². The van der Waals surface area contributed by atoms with E-state index in [0.717, 1.165) is 11.1 Å². The molecule has 0 spiro atoms. The molecule has 0 saturated carbocycles. The number of fused-ring (bicyclic) bond motifs is 1. The number of hydrogen-bond acceptors (Lipinski definition) is 8.